The second kappa shape index (κ2) is 2.43. The van der Waals surface area contributed by atoms with Crippen molar-refractivity contribution >= 4 is 8.46 Å². The highest BCUT2D eigenvalue weighted by Crippen LogP contribution is 1.96. The second-order valence-corrected chi connectivity index (χ2v) is 2.11. The summed E-state index contributed by atoms with van der Waals surface area (Å²) in [6.07, 6.45) is 0. The van der Waals surface area contributed by atoms with Gasteiger partial charge in [0.2, 0.25) is 0 Å². The third kappa shape index (κ3) is 4.19. The normalized spacial score (nSPS) is 17.2. The molecule has 2 unspecified atom stereocenters. The molecule has 0 amide bonds. The van der Waals surface area contributed by atoms with Crippen molar-refractivity contribution in [1.82, 2.24) is 0 Å². The Hall–Kier alpha value is 0.190. The van der Waals surface area contributed by atoms with Crippen LogP contribution >= 0.6 is 8.46 Å². The zero-order chi connectivity index (χ0) is 4.28. The number of rotatable bonds is 1. The van der Waals surface area contributed by atoms with Gasteiger partial charge < -0.3 is 9.67 Å². The minimum absolute atomic E-state index is 0.588. The molecule has 0 aromatic carbocycles. The molecule has 0 rings (SSSR count). The summed E-state index contributed by atoms with van der Waals surface area (Å²) in [6, 6.07) is 0. The quantitative estimate of drug-likeness (QED) is 0.467. The van der Waals surface area contributed by atoms with Crippen molar-refractivity contribution in [2.45, 2.75) is 12.8 Å². The fraction of sp³-hybridized carbons (Fsp3) is 1.00. The van der Waals surface area contributed by atoms with Gasteiger partial charge >= 0.3 is 0 Å². The molecule has 0 saturated heterocycles. The van der Waals surface area contributed by atoms with E-state index in [0.717, 1.165) is 0 Å². The molecule has 0 aromatic heterocycles. The van der Waals surface area contributed by atoms with Crippen LogP contribution in [0.2, 0.25) is 0 Å². The molecule has 32 valence electrons. The maximum absolute atomic E-state index is 9.46. The van der Waals surface area contributed by atoms with Crippen LogP contribution in [0.25, 0.3) is 0 Å². The summed E-state index contributed by atoms with van der Waals surface area (Å²) in [7, 11) is -0.963. The maximum Gasteiger partial charge on any atom is 0.0990 e. The van der Waals surface area contributed by atoms with Crippen LogP contribution in [0.3, 0.4) is 0 Å². The number of aliphatic hydroxyl groups is 1. The zero-order valence-corrected chi connectivity index (χ0v) is 4.16. The van der Waals surface area contributed by atoms with Gasteiger partial charge in [-0.3, -0.25) is 0 Å². The SMILES string of the molecule is CC(O)[PH2]=O. The molecule has 1 N–H and O–H groups in total. The Balaban J connectivity index is 2.83. The largest absolute Gasteiger partial charge is 0.386 e. The van der Waals surface area contributed by atoms with Gasteiger partial charge in [-0.2, -0.15) is 0 Å². The smallest absolute Gasteiger partial charge is 0.0990 e. The van der Waals surface area contributed by atoms with E-state index in [1.807, 2.05) is 0 Å². The van der Waals surface area contributed by atoms with Crippen molar-refractivity contribution in [2.75, 3.05) is 0 Å². The lowest BCUT2D eigenvalue weighted by atomic mass is 10.9. The molecule has 0 aliphatic heterocycles. The zero-order valence-electron chi connectivity index (χ0n) is 3.01. The second-order valence-electron chi connectivity index (χ2n) is 0.877. The van der Waals surface area contributed by atoms with Crippen molar-refractivity contribution in [3.8, 4) is 0 Å². The Morgan fingerprint density at radius 1 is 2.00 bits per heavy atom. The number of hydrogen-bond acceptors (Lipinski definition) is 2. The molecule has 2 atom stereocenters. The van der Waals surface area contributed by atoms with E-state index in [1.165, 1.54) is 6.92 Å². The van der Waals surface area contributed by atoms with Crippen LogP contribution in [0.1, 0.15) is 6.92 Å². The summed E-state index contributed by atoms with van der Waals surface area (Å²) in [5.74, 6) is -0.588. The highest BCUT2D eigenvalue weighted by Gasteiger charge is 1.79. The van der Waals surface area contributed by atoms with E-state index in [2.05, 4.69) is 0 Å². The van der Waals surface area contributed by atoms with E-state index >= 15 is 0 Å². The lowest BCUT2D eigenvalue weighted by Gasteiger charge is -1.81. The van der Waals surface area contributed by atoms with E-state index in [4.69, 9.17) is 5.11 Å². The third-order valence-electron chi connectivity index (χ3n) is 0.197. The molecule has 2 nitrogen and oxygen atoms in total. The first-order valence-corrected chi connectivity index (χ1v) is 2.54. The monoisotopic (exact) mass is 94.0 g/mol. The van der Waals surface area contributed by atoms with E-state index in [-0.39, 0.29) is 0 Å². The lowest BCUT2D eigenvalue weighted by molar-refractivity contribution is 0.276. The van der Waals surface area contributed by atoms with Gasteiger partial charge in [0.1, 0.15) is 0 Å². The van der Waals surface area contributed by atoms with Crippen molar-refractivity contribution in [3.63, 3.8) is 0 Å². The topological polar surface area (TPSA) is 37.3 Å². The van der Waals surface area contributed by atoms with Crippen LogP contribution in [0.5, 0.6) is 0 Å². The van der Waals surface area contributed by atoms with Gasteiger partial charge in [0.05, 0.1) is 14.3 Å². The van der Waals surface area contributed by atoms with Gasteiger partial charge in [-0.05, 0) is 6.92 Å². The van der Waals surface area contributed by atoms with Crippen LogP contribution in [-0.4, -0.2) is 11.0 Å². The summed E-state index contributed by atoms with van der Waals surface area (Å²) in [5.41, 5.74) is 0. The molecule has 0 saturated carbocycles. The first-order chi connectivity index (χ1) is 2.27. The van der Waals surface area contributed by atoms with Crippen LogP contribution in [-0.2, 0) is 4.57 Å². The van der Waals surface area contributed by atoms with E-state index in [1.54, 1.807) is 0 Å². The van der Waals surface area contributed by atoms with Gasteiger partial charge in [-0.1, -0.05) is 0 Å². The van der Waals surface area contributed by atoms with Crippen LogP contribution < -0.4 is 0 Å². The summed E-state index contributed by atoms with van der Waals surface area (Å²) in [4.78, 5) is 0. The first kappa shape index (κ1) is 5.19. The molecule has 0 bridgehead atoms. The standard InChI is InChI=1S/C2H7O2P/c1-2(3)5-4/h2-3H,5H2,1H3. The molecule has 5 heavy (non-hydrogen) atoms. The van der Waals surface area contributed by atoms with Crippen molar-refractivity contribution in [1.29, 1.82) is 0 Å². The molecule has 0 radical (unpaired) electrons. The highest BCUT2D eigenvalue weighted by atomic mass is 31.1. The molecule has 0 spiro atoms. The molecule has 3 heteroatoms. The maximum atomic E-state index is 9.46. The predicted molar refractivity (Wildman–Crippen MR) is 22.1 cm³/mol. The lowest BCUT2D eigenvalue weighted by Crippen LogP contribution is -1.80. The molecular formula is C2H7O2P. The average molecular weight is 94.0 g/mol. The Kier molecular flexibility index (Phi) is 2.52. The fourth-order valence-electron chi connectivity index (χ4n) is 0. The van der Waals surface area contributed by atoms with Gasteiger partial charge in [0, 0.05) is 0 Å². The Labute approximate surface area is 32.0 Å². The molecule has 0 aromatic rings. The highest BCUT2D eigenvalue weighted by molar-refractivity contribution is 7.24. The van der Waals surface area contributed by atoms with Gasteiger partial charge in [0.25, 0.3) is 0 Å². The molecule has 0 aliphatic rings. The molecule has 0 fully saturated rings. The van der Waals surface area contributed by atoms with E-state index < -0.39 is 14.3 Å². The Morgan fingerprint density at radius 2 is 2.20 bits per heavy atom. The van der Waals surface area contributed by atoms with Crippen molar-refractivity contribution in [3.05, 3.63) is 0 Å². The summed E-state index contributed by atoms with van der Waals surface area (Å²) < 4.78 is 9.46. The van der Waals surface area contributed by atoms with Gasteiger partial charge in [-0.25, -0.2) is 0 Å². The van der Waals surface area contributed by atoms with Crippen LogP contribution in [0.4, 0.5) is 0 Å². The Morgan fingerprint density at radius 3 is 2.20 bits per heavy atom. The van der Waals surface area contributed by atoms with Gasteiger partial charge in [0.15, 0.2) is 0 Å². The summed E-state index contributed by atoms with van der Waals surface area (Å²) >= 11 is 0. The Bertz CT molecular complexity index is 34.6. The molecule has 0 heterocycles. The number of aliphatic hydroxyl groups excluding tert-OH is 1. The minimum atomic E-state index is -0.963. The first-order valence-electron chi connectivity index (χ1n) is 1.40. The predicted octanol–water partition coefficient (Wildman–Crippen LogP) is 0.0810. The summed E-state index contributed by atoms with van der Waals surface area (Å²) in [6.45, 7) is 1.50. The van der Waals surface area contributed by atoms with Gasteiger partial charge in [-0.15, -0.1) is 0 Å². The third-order valence-corrected chi connectivity index (χ3v) is 0.591. The number of hydrogen-bond donors (Lipinski definition) is 1. The van der Waals surface area contributed by atoms with E-state index in [9.17, 15) is 4.57 Å². The van der Waals surface area contributed by atoms with Crippen molar-refractivity contribution < 1.29 is 9.67 Å². The van der Waals surface area contributed by atoms with Crippen molar-refractivity contribution in [2.24, 2.45) is 0 Å². The molecule has 0 aliphatic carbocycles. The average Bonchev–Trinajstić information content (AvgIpc) is 1.38. The van der Waals surface area contributed by atoms with Crippen LogP contribution in [0.15, 0.2) is 0 Å². The summed E-state index contributed by atoms with van der Waals surface area (Å²) in [5, 5.41) is 8.09. The minimum Gasteiger partial charge on any atom is -0.386 e. The fourth-order valence-corrected chi connectivity index (χ4v) is 0. The van der Waals surface area contributed by atoms with E-state index in [0.29, 0.717) is 0 Å². The molecular weight excluding hydrogens is 87.0 g/mol. The van der Waals surface area contributed by atoms with Crippen LogP contribution in [0, 0.1) is 0 Å².